The highest BCUT2D eigenvalue weighted by Gasteiger charge is 2.25. The number of hydrogen-bond donors (Lipinski definition) is 0. The van der Waals surface area contributed by atoms with Crippen LogP contribution in [0.2, 0.25) is 0 Å². The number of hydrogen-bond acceptors (Lipinski definition) is 3. The van der Waals surface area contributed by atoms with Gasteiger partial charge in [0.25, 0.3) is 0 Å². The standard InChI is InChI=1S/C20H17F2NO2/c1-2-3-11-24-12-14-7-9-15(10-8-14)18-13-25-20(23-18)19-16(21)5-4-6-17(19)22/h1,4-10,18H,3,11-13H2. The van der Waals surface area contributed by atoms with Gasteiger partial charge in [0.2, 0.25) is 5.90 Å². The summed E-state index contributed by atoms with van der Waals surface area (Å²) in [5, 5.41) is 0. The molecule has 3 rings (SSSR count). The molecule has 0 spiro atoms. The number of ether oxygens (including phenoxy) is 2. The molecule has 0 radical (unpaired) electrons. The number of rotatable bonds is 6. The average molecular weight is 341 g/mol. The zero-order chi connectivity index (χ0) is 17.6. The first-order valence-corrected chi connectivity index (χ1v) is 7.94. The van der Waals surface area contributed by atoms with Gasteiger partial charge in [-0.1, -0.05) is 30.3 Å². The van der Waals surface area contributed by atoms with E-state index in [2.05, 4.69) is 10.9 Å². The number of nitrogens with zero attached hydrogens (tertiary/aromatic N) is 1. The third-order valence-electron chi connectivity index (χ3n) is 3.85. The minimum Gasteiger partial charge on any atom is -0.475 e. The van der Waals surface area contributed by atoms with E-state index in [9.17, 15) is 8.78 Å². The van der Waals surface area contributed by atoms with Gasteiger partial charge in [-0.2, -0.15) is 0 Å². The van der Waals surface area contributed by atoms with Gasteiger partial charge in [0.15, 0.2) is 0 Å². The highest BCUT2D eigenvalue weighted by molar-refractivity contribution is 5.95. The Morgan fingerprint density at radius 1 is 1.16 bits per heavy atom. The van der Waals surface area contributed by atoms with Crippen LogP contribution < -0.4 is 0 Å². The highest BCUT2D eigenvalue weighted by Crippen LogP contribution is 2.27. The van der Waals surface area contributed by atoms with Crippen LogP contribution in [0, 0.1) is 24.0 Å². The van der Waals surface area contributed by atoms with Crippen LogP contribution in [-0.2, 0) is 16.1 Å². The van der Waals surface area contributed by atoms with Crippen molar-refractivity contribution in [2.75, 3.05) is 13.2 Å². The van der Waals surface area contributed by atoms with Crippen LogP contribution in [0.3, 0.4) is 0 Å². The Bertz CT molecular complexity index is 789. The van der Waals surface area contributed by atoms with Gasteiger partial charge >= 0.3 is 0 Å². The van der Waals surface area contributed by atoms with Crippen molar-refractivity contribution in [1.29, 1.82) is 0 Å². The molecule has 0 amide bonds. The minimum atomic E-state index is -0.682. The maximum absolute atomic E-state index is 13.8. The van der Waals surface area contributed by atoms with E-state index in [1.165, 1.54) is 18.2 Å². The summed E-state index contributed by atoms with van der Waals surface area (Å²) in [6.45, 7) is 1.26. The predicted octanol–water partition coefficient (Wildman–Crippen LogP) is 4.02. The normalized spacial score (nSPS) is 16.2. The average Bonchev–Trinajstić information content (AvgIpc) is 3.09. The van der Waals surface area contributed by atoms with Crippen molar-refractivity contribution in [2.45, 2.75) is 19.1 Å². The predicted molar refractivity (Wildman–Crippen MR) is 91.1 cm³/mol. The summed E-state index contributed by atoms with van der Waals surface area (Å²) in [4.78, 5) is 4.33. The lowest BCUT2D eigenvalue weighted by Crippen LogP contribution is -2.07. The Morgan fingerprint density at radius 2 is 1.88 bits per heavy atom. The second-order valence-corrected chi connectivity index (χ2v) is 5.61. The van der Waals surface area contributed by atoms with Crippen LogP contribution in [0.5, 0.6) is 0 Å². The zero-order valence-electron chi connectivity index (χ0n) is 13.5. The number of benzene rings is 2. The minimum absolute atomic E-state index is 0.00212. The maximum atomic E-state index is 13.8. The second kappa shape index (κ2) is 7.91. The van der Waals surface area contributed by atoms with Crippen molar-refractivity contribution in [3.63, 3.8) is 0 Å². The fraction of sp³-hybridized carbons (Fsp3) is 0.250. The molecule has 1 aliphatic heterocycles. The molecule has 0 N–H and O–H groups in total. The Hall–Kier alpha value is -2.71. The van der Waals surface area contributed by atoms with Crippen LogP contribution in [-0.4, -0.2) is 19.1 Å². The quantitative estimate of drug-likeness (QED) is 0.587. The molecule has 1 heterocycles. The van der Waals surface area contributed by atoms with E-state index >= 15 is 0 Å². The summed E-state index contributed by atoms with van der Waals surface area (Å²) < 4.78 is 38.5. The van der Waals surface area contributed by atoms with E-state index in [1.54, 1.807) is 0 Å². The Balaban J connectivity index is 1.69. The molecule has 128 valence electrons. The summed E-state index contributed by atoms with van der Waals surface area (Å²) in [6, 6.07) is 11.1. The molecule has 3 nitrogen and oxygen atoms in total. The van der Waals surface area contributed by atoms with Gasteiger partial charge in [0.1, 0.15) is 29.8 Å². The van der Waals surface area contributed by atoms with E-state index in [-0.39, 0.29) is 24.1 Å². The van der Waals surface area contributed by atoms with Crippen molar-refractivity contribution < 1.29 is 18.3 Å². The molecule has 0 bridgehead atoms. The van der Waals surface area contributed by atoms with Crippen molar-refractivity contribution >= 4 is 5.90 Å². The lowest BCUT2D eigenvalue weighted by Gasteiger charge is -2.07. The second-order valence-electron chi connectivity index (χ2n) is 5.61. The van der Waals surface area contributed by atoms with Crippen molar-refractivity contribution in [3.05, 3.63) is 70.8 Å². The Morgan fingerprint density at radius 3 is 2.56 bits per heavy atom. The van der Waals surface area contributed by atoms with Crippen LogP contribution in [0.4, 0.5) is 8.78 Å². The molecule has 1 aliphatic rings. The van der Waals surface area contributed by atoms with Gasteiger partial charge in [0.05, 0.1) is 13.2 Å². The van der Waals surface area contributed by atoms with Gasteiger partial charge in [-0.15, -0.1) is 12.3 Å². The first kappa shape index (κ1) is 17.1. The molecule has 1 unspecified atom stereocenters. The van der Waals surface area contributed by atoms with Crippen LogP contribution in [0.1, 0.15) is 29.2 Å². The lowest BCUT2D eigenvalue weighted by atomic mass is 10.1. The number of terminal acetylenes is 1. The topological polar surface area (TPSA) is 30.8 Å². The smallest absolute Gasteiger partial charge is 0.222 e. The van der Waals surface area contributed by atoms with Gasteiger partial charge in [-0.25, -0.2) is 13.8 Å². The summed E-state index contributed by atoms with van der Waals surface area (Å²) in [5.41, 5.74) is 1.71. The molecule has 5 heteroatoms. The first-order chi connectivity index (χ1) is 12.2. The van der Waals surface area contributed by atoms with Gasteiger partial charge in [-0.05, 0) is 23.3 Å². The molecule has 2 aromatic carbocycles. The molecule has 2 aromatic rings. The Labute approximate surface area is 145 Å². The largest absolute Gasteiger partial charge is 0.475 e. The summed E-state index contributed by atoms with van der Waals surface area (Å²) >= 11 is 0. The summed E-state index contributed by atoms with van der Waals surface area (Å²) in [7, 11) is 0. The summed E-state index contributed by atoms with van der Waals surface area (Å²) in [5.74, 6) is 1.16. The molecule has 0 fully saturated rings. The molecule has 25 heavy (non-hydrogen) atoms. The molecule has 0 aliphatic carbocycles. The van der Waals surface area contributed by atoms with Gasteiger partial charge < -0.3 is 9.47 Å². The number of aliphatic imine (C=N–C) groups is 1. The van der Waals surface area contributed by atoms with E-state index in [0.29, 0.717) is 19.6 Å². The molecule has 1 atom stereocenters. The third kappa shape index (κ3) is 4.04. The molecule has 0 aromatic heterocycles. The van der Waals surface area contributed by atoms with Gasteiger partial charge in [-0.3, -0.25) is 0 Å². The fourth-order valence-electron chi connectivity index (χ4n) is 2.54. The molecular formula is C20H17F2NO2. The highest BCUT2D eigenvalue weighted by atomic mass is 19.1. The fourth-order valence-corrected chi connectivity index (χ4v) is 2.54. The molecule has 0 saturated heterocycles. The van der Waals surface area contributed by atoms with Gasteiger partial charge in [0, 0.05) is 6.42 Å². The number of halogens is 2. The lowest BCUT2D eigenvalue weighted by molar-refractivity contribution is 0.126. The van der Waals surface area contributed by atoms with E-state index in [0.717, 1.165) is 11.1 Å². The van der Waals surface area contributed by atoms with Crippen molar-refractivity contribution in [2.24, 2.45) is 4.99 Å². The Kier molecular flexibility index (Phi) is 5.42. The van der Waals surface area contributed by atoms with Crippen molar-refractivity contribution in [1.82, 2.24) is 0 Å². The monoisotopic (exact) mass is 341 g/mol. The first-order valence-electron chi connectivity index (χ1n) is 7.94. The van der Waals surface area contributed by atoms with E-state index in [1.807, 2.05) is 24.3 Å². The van der Waals surface area contributed by atoms with Crippen LogP contribution >= 0.6 is 0 Å². The molecule has 0 saturated carbocycles. The van der Waals surface area contributed by atoms with E-state index in [4.69, 9.17) is 15.9 Å². The summed E-state index contributed by atoms with van der Waals surface area (Å²) in [6.07, 6.45) is 5.75. The maximum Gasteiger partial charge on any atom is 0.222 e. The van der Waals surface area contributed by atoms with Crippen LogP contribution in [0.25, 0.3) is 0 Å². The van der Waals surface area contributed by atoms with E-state index < -0.39 is 11.6 Å². The third-order valence-corrected chi connectivity index (χ3v) is 3.85. The van der Waals surface area contributed by atoms with Crippen molar-refractivity contribution in [3.8, 4) is 12.3 Å². The zero-order valence-corrected chi connectivity index (χ0v) is 13.5. The molecular weight excluding hydrogens is 324 g/mol. The van der Waals surface area contributed by atoms with Crippen LogP contribution in [0.15, 0.2) is 47.5 Å². The SMILES string of the molecule is C#CCCOCc1ccc(C2COC(c3c(F)cccc3F)=N2)cc1.